The van der Waals surface area contributed by atoms with Gasteiger partial charge in [0.15, 0.2) is 0 Å². The molecule has 2 heterocycles. The van der Waals surface area contributed by atoms with Crippen molar-refractivity contribution < 1.29 is 26.3 Å². The Morgan fingerprint density at radius 2 is 0.695 bits per heavy atom. The molecule has 0 aliphatic heterocycles. The molecule has 0 aliphatic carbocycles. The predicted molar refractivity (Wildman–Crippen MR) is 247 cm³/mol. The van der Waals surface area contributed by atoms with Crippen molar-refractivity contribution in [3.8, 4) is 0 Å². The first kappa shape index (κ1) is 47.7. The van der Waals surface area contributed by atoms with E-state index in [9.17, 15) is 0 Å². The van der Waals surface area contributed by atoms with E-state index in [2.05, 4.69) is 76.2 Å². The number of hydrogen-bond acceptors (Lipinski definition) is 6. The number of aryl methyl sites for hydroxylation is 4. The van der Waals surface area contributed by atoms with Crippen molar-refractivity contribution >= 4 is 86.0 Å². The molecule has 2 aromatic heterocycles. The Hall–Kier alpha value is -3.94. The van der Waals surface area contributed by atoms with Gasteiger partial charge < -0.3 is 0 Å². The van der Waals surface area contributed by atoms with E-state index in [1.165, 1.54) is 11.1 Å². The fraction of sp³-hybridized carbons (Fsp3) is 0.191. The van der Waals surface area contributed by atoms with E-state index in [-0.39, 0.29) is 26.3 Å². The third-order valence-corrected chi connectivity index (χ3v) is 9.30. The van der Waals surface area contributed by atoms with E-state index in [4.69, 9.17) is 70.3 Å². The summed E-state index contributed by atoms with van der Waals surface area (Å²) in [5.74, 6) is 0. The van der Waals surface area contributed by atoms with Crippen LogP contribution in [0.25, 0.3) is 0 Å². The Bertz CT molecular complexity index is 2310. The van der Waals surface area contributed by atoms with Gasteiger partial charge in [-0.15, -0.1) is 0 Å². The molecule has 0 saturated carbocycles. The molecule has 4 aromatic carbocycles. The third-order valence-electron chi connectivity index (χ3n) is 9.30. The van der Waals surface area contributed by atoms with Crippen LogP contribution >= 0.6 is 40.4 Å². The molecule has 0 atom stereocenters. The van der Waals surface area contributed by atoms with Crippen LogP contribution in [0, 0.1) is 27.7 Å². The van der Waals surface area contributed by atoms with Gasteiger partial charge in [-0.05, 0) is 144 Å². The van der Waals surface area contributed by atoms with Crippen LogP contribution in [0.15, 0.2) is 141 Å². The zero-order valence-electron chi connectivity index (χ0n) is 34.2. The Morgan fingerprint density at radius 3 is 0.983 bits per heavy atom. The van der Waals surface area contributed by atoms with E-state index in [0.717, 1.165) is 97.0 Å². The van der Waals surface area contributed by atoms with Crippen molar-refractivity contribution in [1.82, 2.24) is 9.97 Å². The Kier molecular flexibility index (Phi) is 19.7. The summed E-state index contributed by atoms with van der Waals surface area (Å²) in [6.45, 7) is 16.4. The topological polar surface area (TPSA) is 75.2 Å². The van der Waals surface area contributed by atoms with Gasteiger partial charge in [0.05, 0.1) is 68.4 Å². The van der Waals surface area contributed by atoms with Crippen molar-refractivity contribution in [3.05, 3.63) is 177 Å². The van der Waals surface area contributed by atoms with Crippen LogP contribution < -0.4 is 0 Å². The molecule has 6 rings (SSSR count). The van der Waals surface area contributed by atoms with Crippen LogP contribution in [-0.2, 0) is 32.7 Å². The molecule has 0 N–H and O–H groups in total. The first-order valence-corrected chi connectivity index (χ1v) is 24.6. The molecular formula is C47H46Cl4Fe2N6. The van der Waals surface area contributed by atoms with Gasteiger partial charge in [-0.25, -0.2) is 9.97 Å². The Labute approximate surface area is 378 Å². The fourth-order valence-corrected chi connectivity index (χ4v) is 6.15. The predicted octanol–water partition coefficient (Wildman–Crippen LogP) is 14.6. The number of benzene rings is 4. The second-order valence-corrected chi connectivity index (χ2v) is 17.3. The molecule has 6 aromatic rings. The van der Waals surface area contributed by atoms with Crippen molar-refractivity contribution in [1.29, 1.82) is 0 Å². The molecule has 0 bridgehead atoms. The number of hydrogen-bond donors (Lipinski definition) is 0. The normalized spacial score (nSPS) is 12.1. The summed E-state index contributed by atoms with van der Waals surface area (Å²) in [6, 6.07) is 41.3. The molecule has 308 valence electrons. The number of aromatic nitrogens is 2. The van der Waals surface area contributed by atoms with Crippen molar-refractivity contribution in [3.63, 3.8) is 0 Å². The first-order chi connectivity index (χ1) is 28.4. The van der Waals surface area contributed by atoms with E-state index in [1.54, 1.807) is 0 Å². The fourth-order valence-electron chi connectivity index (χ4n) is 6.15. The molecule has 0 spiro atoms. The number of para-hydroxylation sites is 2. The number of aliphatic imine (C=N–C) groups is 4. The summed E-state index contributed by atoms with van der Waals surface area (Å²) in [7, 11) is 19.1. The van der Waals surface area contributed by atoms with Crippen LogP contribution in [0.3, 0.4) is 0 Å². The second-order valence-electron chi connectivity index (χ2n) is 13.7. The van der Waals surface area contributed by atoms with Gasteiger partial charge >= 0.3 is 66.7 Å². The maximum absolute atomic E-state index is 4.98. The van der Waals surface area contributed by atoms with Gasteiger partial charge in [-0.3, -0.25) is 20.0 Å². The van der Waals surface area contributed by atoms with Crippen LogP contribution in [0.4, 0.5) is 22.7 Å². The molecule has 0 radical (unpaired) electrons. The first-order valence-electron chi connectivity index (χ1n) is 18.5. The van der Waals surface area contributed by atoms with Gasteiger partial charge in [0.2, 0.25) is 0 Å². The summed E-state index contributed by atoms with van der Waals surface area (Å²) in [5, 5.41) is 0. The standard InChI is InChI=1S/C47H46N6.4ClH.2Fe/c1-30-15-9-11-17-40(30)48-34(5)44-19-13-21-46(52-44)36(7)50-42-25-23-38(27-32(42)3)29-39-24-26-43(33(4)28-39)51-37(8)47-22-14-20-45(53-47)35(6)49-41-18-12-10-16-31(41)2;;;;;;/h9-28H,29H2,1-8H3;4*1H;;/q;;;;;2*+2/p-4. The summed E-state index contributed by atoms with van der Waals surface area (Å²) < 4.78 is 0. The quantitative estimate of drug-likeness (QED) is 0.101. The maximum atomic E-state index is 4.98. The van der Waals surface area contributed by atoms with Crippen molar-refractivity contribution in [2.75, 3.05) is 0 Å². The SMILES string of the molecule is CC(=Nc1ccccc1C)c1cccc(C(C)=Nc2ccc(Cc3ccc(N=C(C)c4cccc(C(C)=Nc5ccccc5C)n4)c(C)c3)cc2C)n1.[Cl][Fe][Cl].[Cl][Fe][Cl]. The van der Waals surface area contributed by atoms with E-state index < -0.39 is 0 Å². The molecular weight excluding hydrogens is 902 g/mol. The summed E-state index contributed by atoms with van der Waals surface area (Å²) in [4.78, 5) is 29.4. The monoisotopic (exact) mass is 946 g/mol. The number of halogens is 4. The third kappa shape index (κ3) is 14.6. The van der Waals surface area contributed by atoms with Gasteiger partial charge in [-0.2, -0.15) is 0 Å². The number of rotatable bonds is 10. The van der Waals surface area contributed by atoms with Crippen molar-refractivity contribution in [2.24, 2.45) is 20.0 Å². The summed E-state index contributed by atoms with van der Waals surface area (Å²) in [5.41, 5.74) is 17.6. The van der Waals surface area contributed by atoms with E-state index in [0.29, 0.717) is 0 Å². The zero-order chi connectivity index (χ0) is 42.9. The summed E-state index contributed by atoms with van der Waals surface area (Å²) in [6.07, 6.45) is 0.819. The molecule has 12 heteroatoms. The second kappa shape index (κ2) is 24.3. The van der Waals surface area contributed by atoms with Gasteiger partial charge in [0, 0.05) is 0 Å². The molecule has 0 saturated heterocycles. The molecule has 59 heavy (non-hydrogen) atoms. The van der Waals surface area contributed by atoms with Gasteiger partial charge in [0.1, 0.15) is 0 Å². The summed E-state index contributed by atoms with van der Waals surface area (Å²) >= 11 is 0.389. The van der Waals surface area contributed by atoms with E-state index in [1.807, 2.05) is 100 Å². The molecule has 6 nitrogen and oxygen atoms in total. The minimum atomic E-state index is 0.194. The zero-order valence-corrected chi connectivity index (χ0v) is 39.4. The van der Waals surface area contributed by atoms with Crippen molar-refractivity contribution in [2.45, 2.75) is 61.8 Å². The Morgan fingerprint density at radius 1 is 0.407 bits per heavy atom. The number of pyridine rings is 2. The molecule has 0 amide bonds. The van der Waals surface area contributed by atoms with Crippen LogP contribution in [-0.4, -0.2) is 32.8 Å². The molecule has 0 unspecified atom stereocenters. The van der Waals surface area contributed by atoms with Crippen LogP contribution in [0.2, 0.25) is 0 Å². The van der Waals surface area contributed by atoms with Gasteiger partial charge in [0.25, 0.3) is 0 Å². The average Bonchev–Trinajstić information content (AvgIpc) is 3.22. The van der Waals surface area contributed by atoms with Crippen LogP contribution in [0.1, 0.15) is 83.9 Å². The molecule has 0 fully saturated rings. The Balaban J connectivity index is 0.00000121. The van der Waals surface area contributed by atoms with E-state index >= 15 is 0 Å². The van der Waals surface area contributed by atoms with Crippen LogP contribution in [0.5, 0.6) is 0 Å². The number of nitrogens with zero attached hydrogens (tertiary/aromatic N) is 6. The average molecular weight is 948 g/mol. The molecule has 0 aliphatic rings. The van der Waals surface area contributed by atoms with Gasteiger partial charge in [-0.1, -0.05) is 72.8 Å². The minimum absolute atomic E-state index is 0.194.